The highest BCUT2D eigenvalue weighted by Gasteiger charge is 2.32. The number of aromatic nitrogens is 1. The van der Waals surface area contributed by atoms with E-state index < -0.39 is 0 Å². The summed E-state index contributed by atoms with van der Waals surface area (Å²) < 4.78 is 1.97. The summed E-state index contributed by atoms with van der Waals surface area (Å²) in [6.07, 6.45) is 7.29. The van der Waals surface area contributed by atoms with Crippen LogP contribution in [0, 0.1) is 5.92 Å². The zero-order valence-electron chi connectivity index (χ0n) is 14.2. The molecule has 0 spiro atoms. The maximum absolute atomic E-state index is 12.8. The predicted octanol–water partition coefficient (Wildman–Crippen LogP) is 3.64. The second-order valence-corrected chi connectivity index (χ2v) is 7.26. The van der Waals surface area contributed by atoms with Crippen LogP contribution in [-0.4, -0.2) is 33.7 Å². The number of rotatable bonds is 4. The molecule has 0 bridgehead atoms. The number of carbonyl (C=O) groups excluding carboxylic acids is 2. The second kappa shape index (κ2) is 6.08. The molecule has 4 nitrogen and oxygen atoms in total. The highest BCUT2D eigenvalue weighted by atomic mass is 16.2. The Balaban J connectivity index is 1.64. The summed E-state index contributed by atoms with van der Waals surface area (Å²) >= 11 is 0. The fraction of sp³-hybridized carbons (Fsp3) is 0.500. The van der Waals surface area contributed by atoms with Crippen LogP contribution in [0.15, 0.2) is 30.5 Å². The van der Waals surface area contributed by atoms with Gasteiger partial charge < -0.3 is 9.47 Å². The number of likely N-dealkylation sites (tertiary alicyclic amines) is 1. The molecule has 2 fully saturated rings. The summed E-state index contributed by atoms with van der Waals surface area (Å²) in [5.41, 5.74) is 1.77. The van der Waals surface area contributed by atoms with Crippen LogP contribution in [0.25, 0.3) is 10.9 Å². The summed E-state index contributed by atoms with van der Waals surface area (Å²) in [7, 11) is 0. The first-order valence-corrected chi connectivity index (χ1v) is 9.06. The molecule has 1 aliphatic carbocycles. The van der Waals surface area contributed by atoms with Gasteiger partial charge in [0.25, 0.3) is 0 Å². The molecular formula is C20H24N2O2. The zero-order chi connectivity index (χ0) is 16.7. The van der Waals surface area contributed by atoms with E-state index in [2.05, 4.69) is 6.92 Å². The minimum absolute atomic E-state index is 0.161. The van der Waals surface area contributed by atoms with E-state index in [1.165, 1.54) is 6.42 Å². The number of benzene rings is 1. The van der Waals surface area contributed by atoms with Crippen LogP contribution in [0.1, 0.15) is 49.4 Å². The predicted molar refractivity (Wildman–Crippen MR) is 94.0 cm³/mol. The standard InChI is InChI=1S/C20H24N2O2/c1-14-6-4-5-11-22(14)19(23)13-21-12-17(20(24)15-9-10-15)16-7-2-3-8-18(16)21/h2-3,7-8,12,14-15H,4-6,9-11,13H2,1H3. The zero-order valence-corrected chi connectivity index (χ0v) is 14.2. The Morgan fingerprint density at radius 3 is 2.67 bits per heavy atom. The van der Waals surface area contributed by atoms with E-state index in [9.17, 15) is 9.59 Å². The molecule has 1 aliphatic heterocycles. The van der Waals surface area contributed by atoms with Crippen LogP contribution in [-0.2, 0) is 11.3 Å². The van der Waals surface area contributed by atoms with Gasteiger partial charge >= 0.3 is 0 Å². The van der Waals surface area contributed by atoms with Gasteiger partial charge in [0.15, 0.2) is 5.78 Å². The van der Waals surface area contributed by atoms with Crippen LogP contribution in [0.3, 0.4) is 0 Å². The Bertz CT molecular complexity index is 788. The third kappa shape index (κ3) is 2.74. The Morgan fingerprint density at radius 1 is 1.12 bits per heavy atom. The van der Waals surface area contributed by atoms with Crippen molar-refractivity contribution in [2.24, 2.45) is 5.92 Å². The average Bonchev–Trinajstić information content (AvgIpc) is 3.38. The van der Waals surface area contributed by atoms with E-state index in [4.69, 9.17) is 0 Å². The number of nitrogens with zero attached hydrogens (tertiary/aromatic N) is 2. The molecular weight excluding hydrogens is 300 g/mol. The van der Waals surface area contributed by atoms with E-state index in [0.29, 0.717) is 12.6 Å². The molecule has 4 heteroatoms. The quantitative estimate of drug-likeness (QED) is 0.806. The molecule has 0 radical (unpaired) electrons. The number of Topliss-reactive ketones (excluding diaryl/α,β-unsaturated/α-hetero) is 1. The number of carbonyl (C=O) groups is 2. The molecule has 2 aromatic rings. The van der Waals surface area contributed by atoms with E-state index in [1.807, 2.05) is 39.9 Å². The molecule has 1 unspecified atom stereocenters. The van der Waals surface area contributed by atoms with Crippen LogP contribution in [0.5, 0.6) is 0 Å². The van der Waals surface area contributed by atoms with Crippen molar-refractivity contribution in [3.05, 3.63) is 36.0 Å². The first-order chi connectivity index (χ1) is 11.6. The van der Waals surface area contributed by atoms with E-state index in [-0.39, 0.29) is 17.6 Å². The number of ketones is 1. The fourth-order valence-electron chi connectivity index (χ4n) is 3.84. The molecule has 1 saturated carbocycles. The van der Waals surface area contributed by atoms with Crippen LogP contribution >= 0.6 is 0 Å². The number of para-hydroxylation sites is 1. The Morgan fingerprint density at radius 2 is 1.92 bits per heavy atom. The van der Waals surface area contributed by atoms with E-state index >= 15 is 0 Å². The summed E-state index contributed by atoms with van der Waals surface area (Å²) in [6.45, 7) is 3.31. The van der Waals surface area contributed by atoms with Gasteiger partial charge in [-0.3, -0.25) is 9.59 Å². The van der Waals surface area contributed by atoms with Crippen LogP contribution in [0.2, 0.25) is 0 Å². The molecule has 1 aromatic carbocycles. The number of hydrogen-bond acceptors (Lipinski definition) is 2. The molecule has 1 saturated heterocycles. The lowest BCUT2D eigenvalue weighted by atomic mass is 10.0. The molecule has 0 N–H and O–H groups in total. The van der Waals surface area contributed by atoms with Crippen molar-refractivity contribution in [1.82, 2.24) is 9.47 Å². The lowest BCUT2D eigenvalue weighted by Gasteiger charge is -2.33. The SMILES string of the molecule is CC1CCCCN1C(=O)Cn1cc(C(=O)C2CC2)c2ccccc21. The third-order valence-corrected chi connectivity index (χ3v) is 5.43. The summed E-state index contributed by atoms with van der Waals surface area (Å²) in [5.74, 6) is 0.596. The highest BCUT2D eigenvalue weighted by Crippen LogP contribution is 2.35. The maximum Gasteiger partial charge on any atom is 0.242 e. The van der Waals surface area contributed by atoms with Crippen molar-refractivity contribution in [2.75, 3.05) is 6.54 Å². The molecule has 1 amide bonds. The first-order valence-electron chi connectivity index (χ1n) is 9.06. The molecule has 4 rings (SSSR count). The first kappa shape index (κ1) is 15.4. The van der Waals surface area contributed by atoms with Crippen LogP contribution in [0.4, 0.5) is 0 Å². The minimum atomic E-state index is 0.161. The van der Waals surface area contributed by atoms with Crippen molar-refractivity contribution in [2.45, 2.75) is 51.6 Å². The van der Waals surface area contributed by atoms with Crippen LogP contribution < -0.4 is 0 Å². The largest absolute Gasteiger partial charge is 0.338 e. The van der Waals surface area contributed by atoms with Gasteiger partial charge in [-0.1, -0.05) is 18.2 Å². The molecule has 2 heterocycles. The number of fused-ring (bicyclic) bond motifs is 1. The van der Waals surface area contributed by atoms with Gasteiger partial charge in [0.05, 0.1) is 0 Å². The third-order valence-electron chi connectivity index (χ3n) is 5.43. The van der Waals surface area contributed by atoms with Gasteiger partial charge in [0.1, 0.15) is 6.54 Å². The molecule has 24 heavy (non-hydrogen) atoms. The smallest absolute Gasteiger partial charge is 0.242 e. The Labute approximate surface area is 142 Å². The van der Waals surface area contributed by atoms with E-state index in [1.54, 1.807) is 0 Å². The van der Waals surface area contributed by atoms with Gasteiger partial charge in [-0.05, 0) is 45.1 Å². The van der Waals surface area contributed by atoms with Crippen molar-refractivity contribution >= 4 is 22.6 Å². The average molecular weight is 324 g/mol. The Kier molecular flexibility index (Phi) is 3.91. The normalized spacial score (nSPS) is 21.2. The van der Waals surface area contributed by atoms with Crippen molar-refractivity contribution in [3.8, 4) is 0 Å². The lowest BCUT2D eigenvalue weighted by molar-refractivity contribution is -0.135. The van der Waals surface area contributed by atoms with Gasteiger partial charge in [-0.2, -0.15) is 0 Å². The van der Waals surface area contributed by atoms with Gasteiger partial charge in [0, 0.05) is 41.2 Å². The van der Waals surface area contributed by atoms with E-state index in [0.717, 1.165) is 48.7 Å². The number of hydrogen-bond donors (Lipinski definition) is 0. The number of piperidine rings is 1. The second-order valence-electron chi connectivity index (χ2n) is 7.26. The topological polar surface area (TPSA) is 42.3 Å². The molecule has 1 atom stereocenters. The fourth-order valence-corrected chi connectivity index (χ4v) is 3.84. The Hall–Kier alpha value is -2.10. The maximum atomic E-state index is 12.8. The molecule has 126 valence electrons. The summed E-state index contributed by atoms with van der Waals surface area (Å²) in [5, 5.41) is 0.980. The number of amides is 1. The molecule has 1 aromatic heterocycles. The van der Waals surface area contributed by atoms with Crippen molar-refractivity contribution in [1.29, 1.82) is 0 Å². The summed E-state index contributed by atoms with van der Waals surface area (Å²) in [4.78, 5) is 27.3. The minimum Gasteiger partial charge on any atom is -0.338 e. The van der Waals surface area contributed by atoms with Crippen molar-refractivity contribution in [3.63, 3.8) is 0 Å². The van der Waals surface area contributed by atoms with Crippen molar-refractivity contribution < 1.29 is 9.59 Å². The van der Waals surface area contributed by atoms with Gasteiger partial charge in [-0.15, -0.1) is 0 Å². The summed E-state index contributed by atoms with van der Waals surface area (Å²) in [6, 6.07) is 8.26. The highest BCUT2D eigenvalue weighted by molar-refractivity contribution is 6.10. The van der Waals surface area contributed by atoms with Gasteiger partial charge in [0.2, 0.25) is 5.91 Å². The molecule has 2 aliphatic rings. The monoisotopic (exact) mass is 324 g/mol. The van der Waals surface area contributed by atoms with Gasteiger partial charge in [-0.25, -0.2) is 0 Å². The lowest BCUT2D eigenvalue weighted by Crippen LogP contribution is -2.43.